The van der Waals surface area contributed by atoms with Gasteiger partial charge in [0, 0.05) is 30.1 Å². The summed E-state index contributed by atoms with van der Waals surface area (Å²) in [7, 11) is 0. The van der Waals surface area contributed by atoms with E-state index in [1.807, 2.05) is 11.0 Å². The van der Waals surface area contributed by atoms with Gasteiger partial charge in [0.1, 0.15) is 0 Å². The van der Waals surface area contributed by atoms with Crippen molar-refractivity contribution in [3.63, 3.8) is 0 Å². The predicted octanol–water partition coefficient (Wildman–Crippen LogP) is 4.90. The molecule has 2 aromatic rings. The number of likely N-dealkylation sites (tertiary alicyclic amines) is 2. The molecule has 1 atom stereocenters. The largest absolute Gasteiger partial charge is 0.336 e. The zero-order chi connectivity index (χ0) is 22.0. The van der Waals surface area contributed by atoms with E-state index in [2.05, 4.69) is 55.7 Å². The molecule has 2 aliphatic rings. The molecular formula is C26H35N3OS. The van der Waals surface area contributed by atoms with E-state index >= 15 is 0 Å². The van der Waals surface area contributed by atoms with Gasteiger partial charge in [0.25, 0.3) is 5.91 Å². The predicted molar refractivity (Wildman–Crippen MR) is 131 cm³/mol. The van der Waals surface area contributed by atoms with Crippen molar-refractivity contribution in [2.75, 3.05) is 26.2 Å². The third-order valence-electron chi connectivity index (χ3n) is 6.81. The summed E-state index contributed by atoms with van der Waals surface area (Å²) >= 11 is 1.61. The Balaban J connectivity index is 1.50. The van der Waals surface area contributed by atoms with Crippen molar-refractivity contribution in [3.05, 3.63) is 59.0 Å². The first-order valence-electron chi connectivity index (χ1n) is 11.6. The maximum Gasteiger partial charge on any atom is 0.264 e. The van der Waals surface area contributed by atoms with Crippen LogP contribution in [0, 0.1) is 0 Å². The summed E-state index contributed by atoms with van der Waals surface area (Å²) in [6.45, 7) is 12.2. The number of amides is 1. The Bertz CT molecular complexity index is 909. The van der Waals surface area contributed by atoms with Gasteiger partial charge in [-0.15, -0.1) is 17.9 Å². The lowest BCUT2D eigenvalue weighted by atomic mass is 9.88. The first-order valence-corrected chi connectivity index (χ1v) is 12.4. The molecule has 1 aromatic heterocycles. The average Bonchev–Trinajstić information content (AvgIpc) is 3.40. The van der Waals surface area contributed by atoms with Crippen LogP contribution in [0.1, 0.15) is 59.8 Å². The minimum absolute atomic E-state index is 0.103. The molecule has 0 spiro atoms. The van der Waals surface area contributed by atoms with Gasteiger partial charge in [0.15, 0.2) is 0 Å². The number of thiophene rings is 1. The monoisotopic (exact) mass is 437 g/mol. The molecular weight excluding hydrogens is 402 g/mol. The van der Waals surface area contributed by atoms with Crippen LogP contribution in [0.5, 0.6) is 0 Å². The van der Waals surface area contributed by atoms with E-state index in [4.69, 9.17) is 5.73 Å². The molecule has 2 aliphatic heterocycles. The number of rotatable bonds is 6. The maximum atomic E-state index is 13.1. The van der Waals surface area contributed by atoms with Gasteiger partial charge in [-0.1, -0.05) is 30.3 Å². The van der Waals surface area contributed by atoms with Crippen molar-refractivity contribution in [2.45, 2.75) is 57.5 Å². The van der Waals surface area contributed by atoms with Crippen LogP contribution in [0.2, 0.25) is 0 Å². The number of carbonyl (C=O) groups is 1. The van der Waals surface area contributed by atoms with Crippen LogP contribution < -0.4 is 5.73 Å². The van der Waals surface area contributed by atoms with Gasteiger partial charge < -0.3 is 15.5 Å². The Kier molecular flexibility index (Phi) is 6.95. The molecule has 4 nitrogen and oxygen atoms in total. The Morgan fingerprint density at radius 3 is 2.48 bits per heavy atom. The van der Waals surface area contributed by atoms with Gasteiger partial charge in [0.2, 0.25) is 0 Å². The number of hydrogen-bond acceptors (Lipinski definition) is 4. The smallest absolute Gasteiger partial charge is 0.264 e. The Labute approximate surface area is 190 Å². The fraction of sp³-hybridized carbons (Fsp3) is 0.500. The number of nitrogens with two attached hydrogens (primary N) is 1. The van der Waals surface area contributed by atoms with Crippen LogP contribution in [0.15, 0.2) is 43.0 Å². The van der Waals surface area contributed by atoms with Crippen LogP contribution >= 0.6 is 11.3 Å². The maximum absolute atomic E-state index is 13.1. The highest BCUT2D eigenvalue weighted by molar-refractivity contribution is 7.17. The second-order valence-electron chi connectivity index (χ2n) is 9.28. The second kappa shape index (κ2) is 9.68. The molecule has 0 radical (unpaired) electrons. The van der Waals surface area contributed by atoms with Crippen molar-refractivity contribution in [1.29, 1.82) is 0 Å². The molecule has 0 bridgehead atoms. The van der Waals surface area contributed by atoms with Crippen molar-refractivity contribution in [2.24, 2.45) is 5.73 Å². The second-order valence-corrected chi connectivity index (χ2v) is 10.3. The molecule has 3 heterocycles. The fourth-order valence-electron chi connectivity index (χ4n) is 4.84. The summed E-state index contributed by atoms with van der Waals surface area (Å²) in [4.78, 5) is 19.6. The lowest BCUT2D eigenvalue weighted by Crippen LogP contribution is -2.37. The standard InChI is InChI=1S/C26H35N3OS/c1-4-5-22-16-24(31-25(22)26(30)29-15-12-23(27)17-29)21-8-6-19(7-9-21)20-10-13-28(14-11-20)18(2)3/h4,6-9,16,18,20,23H,1,5,10-15,17,27H2,2-3H3/t23-/m0/s1. The van der Waals surface area contributed by atoms with Gasteiger partial charge in [-0.25, -0.2) is 0 Å². The van der Waals surface area contributed by atoms with Crippen molar-refractivity contribution in [3.8, 4) is 10.4 Å². The summed E-state index contributed by atoms with van der Waals surface area (Å²) < 4.78 is 0. The summed E-state index contributed by atoms with van der Waals surface area (Å²) in [6.07, 6.45) is 5.94. The van der Waals surface area contributed by atoms with Crippen LogP contribution in [-0.4, -0.2) is 54.0 Å². The Morgan fingerprint density at radius 1 is 1.19 bits per heavy atom. The van der Waals surface area contributed by atoms with Crippen LogP contribution in [0.25, 0.3) is 10.4 Å². The molecule has 2 fully saturated rings. The molecule has 1 aromatic carbocycles. The average molecular weight is 438 g/mol. The van der Waals surface area contributed by atoms with Crippen LogP contribution in [0.3, 0.4) is 0 Å². The molecule has 1 amide bonds. The molecule has 2 saturated heterocycles. The van der Waals surface area contributed by atoms with Gasteiger partial charge in [-0.2, -0.15) is 0 Å². The molecule has 0 saturated carbocycles. The van der Waals surface area contributed by atoms with Crippen LogP contribution in [-0.2, 0) is 6.42 Å². The van der Waals surface area contributed by atoms with Crippen molar-refractivity contribution in [1.82, 2.24) is 9.80 Å². The lowest BCUT2D eigenvalue weighted by Gasteiger charge is -2.34. The summed E-state index contributed by atoms with van der Waals surface area (Å²) in [5, 5.41) is 0. The molecule has 4 rings (SSSR count). The highest BCUT2D eigenvalue weighted by Crippen LogP contribution is 2.35. The Hall–Kier alpha value is -1.95. The summed E-state index contributed by atoms with van der Waals surface area (Å²) in [6, 6.07) is 12.0. The first-order chi connectivity index (χ1) is 15.0. The summed E-state index contributed by atoms with van der Waals surface area (Å²) in [5.41, 5.74) is 9.73. The third kappa shape index (κ3) is 4.94. The van der Waals surface area contributed by atoms with Gasteiger partial charge >= 0.3 is 0 Å². The zero-order valence-electron chi connectivity index (χ0n) is 18.8. The normalized spacial score (nSPS) is 20.5. The number of piperidine rings is 1. The molecule has 31 heavy (non-hydrogen) atoms. The molecule has 166 valence electrons. The minimum Gasteiger partial charge on any atom is -0.336 e. The van der Waals surface area contributed by atoms with Crippen molar-refractivity contribution >= 4 is 17.2 Å². The van der Waals surface area contributed by atoms with Crippen molar-refractivity contribution < 1.29 is 4.79 Å². The molecule has 0 aliphatic carbocycles. The zero-order valence-corrected chi connectivity index (χ0v) is 19.7. The highest BCUT2D eigenvalue weighted by Gasteiger charge is 2.28. The quantitative estimate of drug-likeness (QED) is 0.654. The van der Waals surface area contributed by atoms with E-state index < -0.39 is 0 Å². The van der Waals surface area contributed by atoms with E-state index in [1.54, 1.807) is 11.3 Å². The Morgan fingerprint density at radius 2 is 1.90 bits per heavy atom. The summed E-state index contributed by atoms with van der Waals surface area (Å²) in [5.74, 6) is 0.773. The lowest BCUT2D eigenvalue weighted by molar-refractivity contribution is 0.0795. The molecule has 0 unspecified atom stereocenters. The topological polar surface area (TPSA) is 49.6 Å². The van der Waals surface area contributed by atoms with Gasteiger partial charge in [0.05, 0.1) is 4.88 Å². The number of hydrogen-bond donors (Lipinski definition) is 1. The number of carbonyl (C=O) groups excluding carboxylic acids is 1. The fourth-order valence-corrected chi connectivity index (χ4v) is 6.01. The number of benzene rings is 1. The number of allylic oxidation sites excluding steroid dienone is 1. The van der Waals surface area contributed by atoms with Crippen LogP contribution in [0.4, 0.5) is 0 Å². The minimum atomic E-state index is 0.103. The van der Waals surface area contributed by atoms with Gasteiger partial charge in [-0.3, -0.25) is 4.79 Å². The highest BCUT2D eigenvalue weighted by atomic mass is 32.1. The van der Waals surface area contributed by atoms with E-state index in [9.17, 15) is 4.79 Å². The first kappa shape index (κ1) is 22.3. The SMILES string of the molecule is C=CCc1cc(-c2ccc(C3CCN(C(C)C)CC3)cc2)sc1C(=O)N1CC[C@H](N)C1. The number of nitrogens with zero attached hydrogens (tertiary/aromatic N) is 2. The molecule has 5 heteroatoms. The van der Waals surface area contributed by atoms with E-state index in [0.29, 0.717) is 24.9 Å². The van der Waals surface area contributed by atoms with E-state index in [-0.39, 0.29) is 11.9 Å². The van der Waals surface area contributed by atoms with Gasteiger partial charge in [-0.05, 0) is 81.3 Å². The molecule has 2 N–H and O–H groups in total. The van der Waals surface area contributed by atoms with E-state index in [1.165, 1.54) is 37.1 Å². The third-order valence-corrected chi connectivity index (χ3v) is 8.02. The van der Waals surface area contributed by atoms with E-state index in [0.717, 1.165) is 28.3 Å².